The second kappa shape index (κ2) is 5.75. The first-order chi connectivity index (χ1) is 6.81. The highest BCUT2D eigenvalue weighted by atomic mass is 28.2. The van der Waals surface area contributed by atoms with Crippen molar-refractivity contribution < 1.29 is 9.47 Å². The molecule has 0 aliphatic rings. The summed E-state index contributed by atoms with van der Waals surface area (Å²) in [6.45, 7) is 3.79. The van der Waals surface area contributed by atoms with E-state index in [1.54, 1.807) is 14.2 Å². The van der Waals surface area contributed by atoms with Gasteiger partial charge in [0.1, 0.15) is 15.4 Å². The molecule has 0 N–H and O–H groups in total. The molecule has 76 valence electrons. The molecular weight excluding hydrogens is 192 g/mol. The molecule has 0 amide bonds. The summed E-state index contributed by atoms with van der Waals surface area (Å²) in [7, 11) is 2.80. The summed E-state index contributed by atoms with van der Waals surface area (Å²) in [5.41, 5.74) is 1.19. The van der Waals surface area contributed by atoms with Crippen molar-refractivity contribution in [3.63, 3.8) is 0 Å². The lowest BCUT2D eigenvalue weighted by Gasteiger charge is -2.14. The Morgan fingerprint density at radius 3 is 2.50 bits per heavy atom. The van der Waals surface area contributed by atoms with Crippen LogP contribution in [0.25, 0.3) is 6.08 Å². The molecule has 0 aliphatic heterocycles. The number of rotatable bonds is 5. The molecule has 0 heterocycles. The van der Waals surface area contributed by atoms with Gasteiger partial charge in [-0.15, -0.1) is 0 Å². The van der Waals surface area contributed by atoms with E-state index in [9.17, 15) is 0 Å². The van der Waals surface area contributed by atoms with E-state index in [2.05, 4.69) is 18.7 Å². The van der Waals surface area contributed by atoms with E-state index < -0.39 is 9.52 Å². The molecule has 14 heavy (non-hydrogen) atoms. The van der Waals surface area contributed by atoms with Crippen LogP contribution in [0.3, 0.4) is 0 Å². The van der Waals surface area contributed by atoms with Gasteiger partial charge in [0.2, 0.25) is 0 Å². The summed E-state index contributed by atoms with van der Waals surface area (Å²) in [4.78, 5) is 0. The molecule has 0 aromatic heterocycles. The number of ether oxygens (including phenoxy) is 2. The molecule has 1 rings (SSSR count). The lowest BCUT2D eigenvalue weighted by atomic mass is 10.2. The van der Waals surface area contributed by atoms with Crippen LogP contribution in [-0.4, -0.2) is 29.7 Å². The maximum atomic E-state index is 5.21. The smallest absolute Gasteiger partial charge is 0.139 e. The molecule has 1 aromatic carbocycles. The average molecular weight is 208 g/mol. The molecule has 2 nitrogen and oxygen atoms in total. The topological polar surface area (TPSA) is 18.5 Å². The Morgan fingerprint density at radius 2 is 1.93 bits per heavy atom. The lowest BCUT2D eigenvalue weighted by molar-refractivity contribution is -0.0429. The number of methoxy groups -OCH3 is 2. The molecule has 0 aliphatic carbocycles. The zero-order valence-electron chi connectivity index (χ0n) is 8.69. The quantitative estimate of drug-likeness (QED) is 0.524. The monoisotopic (exact) mass is 208 g/mol. The Morgan fingerprint density at radius 1 is 1.29 bits per heavy atom. The van der Waals surface area contributed by atoms with Gasteiger partial charge in [-0.3, -0.25) is 0 Å². The molecule has 0 fully saturated rings. The van der Waals surface area contributed by atoms with E-state index in [4.69, 9.17) is 9.47 Å². The molecule has 1 aromatic rings. The van der Waals surface area contributed by atoms with Gasteiger partial charge in [0.25, 0.3) is 0 Å². The number of hydrogen-bond acceptors (Lipinski definition) is 2. The van der Waals surface area contributed by atoms with Crippen LogP contribution in [0.4, 0.5) is 0 Å². The molecule has 0 unspecified atom stereocenters. The van der Waals surface area contributed by atoms with E-state index >= 15 is 0 Å². The Labute approximate surface area is 87.4 Å². The van der Waals surface area contributed by atoms with Crippen molar-refractivity contribution >= 4 is 20.8 Å². The van der Waals surface area contributed by atoms with E-state index in [-0.39, 0.29) is 5.91 Å². The first kappa shape index (κ1) is 11.2. The average Bonchev–Trinajstić information content (AvgIpc) is 2.26. The largest absolute Gasteiger partial charge is 0.360 e. The second-order valence-corrected chi connectivity index (χ2v) is 4.84. The molecular formula is C11H16O2Si. The standard InChI is InChI=1S/C11H16O2Si/c1-4-9-7-5-6-8-10(9)14-11(12-2)13-3/h4-8,11H,1,14H2,2-3H3. The van der Waals surface area contributed by atoms with Gasteiger partial charge in [0, 0.05) is 14.2 Å². The first-order valence-electron chi connectivity index (χ1n) is 4.57. The molecule has 3 heteroatoms. The maximum absolute atomic E-state index is 5.21. The van der Waals surface area contributed by atoms with Gasteiger partial charge >= 0.3 is 0 Å². The molecule has 0 saturated carbocycles. The molecule has 0 atom stereocenters. The Kier molecular flexibility index (Phi) is 4.59. The first-order valence-corrected chi connectivity index (χ1v) is 6.10. The van der Waals surface area contributed by atoms with Crippen LogP contribution in [0.15, 0.2) is 30.8 Å². The van der Waals surface area contributed by atoms with E-state index in [1.165, 1.54) is 10.8 Å². The highest BCUT2D eigenvalue weighted by molar-refractivity contribution is 6.55. The third-order valence-electron chi connectivity index (χ3n) is 2.19. The summed E-state index contributed by atoms with van der Waals surface area (Å²) < 4.78 is 10.4. The zero-order valence-corrected chi connectivity index (χ0v) is 10.1. The van der Waals surface area contributed by atoms with E-state index in [0.29, 0.717) is 0 Å². The summed E-state index contributed by atoms with van der Waals surface area (Å²) in [6.07, 6.45) is 1.88. The summed E-state index contributed by atoms with van der Waals surface area (Å²) in [5, 5.41) is 1.33. The van der Waals surface area contributed by atoms with Gasteiger partial charge in [0.05, 0.1) is 0 Å². The van der Waals surface area contributed by atoms with E-state index in [1.807, 2.05) is 18.2 Å². The van der Waals surface area contributed by atoms with Crippen molar-refractivity contribution in [3.8, 4) is 0 Å². The van der Waals surface area contributed by atoms with Crippen LogP contribution in [-0.2, 0) is 9.47 Å². The summed E-state index contributed by atoms with van der Waals surface area (Å²) in [5.74, 6) is -0.0453. The van der Waals surface area contributed by atoms with Gasteiger partial charge in [-0.2, -0.15) is 0 Å². The van der Waals surface area contributed by atoms with Gasteiger partial charge in [0.15, 0.2) is 0 Å². The fraction of sp³-hybridized carbons (Fsp3) is 0.273. The van der Waals surface area contributed by atoms with Gasteiger partial charge in [-0.25, -0.2) is 0 Å². The minimum Gasteiger partial charge on any atom is -0.360 e. The van der Waals surface area contributed by atoms with Crippen molar-refractivity contribution in [3.05, 3.63) is 36.4 Å². The van der Waals surface area contributed by atoms with Crippen molar-refractivity contribution in [2.24, 2.45) is 0 Å². The second-order valence-electron chi connectivity index (χ2n) is 3.01. The maximum Gasteiger partial charge on any atom is 0.139 e. The highest BCUT2D eigenvalue weighted by Gasteiger charge is 2.09. The predicted octanol–water partition coefficient (Wildman–Crippen LogP) is 0.700. The Balaban J connectivity index is 2.79. The molecule has 0 spiro atoms. The lowest BCUT2D eigenvalue weighted by Crippen LogP contribution is -2.32. The number of benzene rings is 1. The summed E-state index contributed by atoms with van der Waals surface area (Å²) >= 11 is 0. The van der Waals surface area contributed by atoms with Crippen LogP contribution in [0, 0.1) is 0 Å². The minimum atomic E-state index is -0.553. The third kappa shape index (κ3) is 2.80. The SMILES string of the molecule is C=Cc1ccccc1[SiH2]C(OC)OC. The minimum absolute atomic E-state index is 0.0453. The van der Waals surface area contributed by atoms with E-state index in [0.717, 1.165) is 0 Å². The molecule has 0 radical (unpaired) electrons. The van der Waals surface area contributed by atoms with Gasteiger partial charge < -0.3 is 9.47 Å². The van der Waals surface area contributed by atoms with Crippen LogP contribution < -0.4 is 5.19 Å². The van der Waals surface area contributed by atoms with Crippen molar-refractivity contribution in [2.75, 3.05) is 14.2 Å². The van der Waals surface area contributed by atoms with Crippen molar-refractivity contribution in [1.29, 1.82) is 0 Å². The van der Waals surface area contributed by atoms with Crippen molar-refractivity contribution in [2.45, 2.75) is 5.91 Å². The molecule has 0 bridgehead atoms. The number of hydrogen-bond donors (Lipinski definition) is 0. The van der Waals surface area contributed by atoms with Crippen LogP contribution in [0.5, 0.6) is 0 Å². The van der Waals surface area contributed by atoms with Crippen LogP contribution in [0.2, 0.25) is 0 Å². The fourth-order valence-corrected chi connectivity index (χ4v) is 2.82. The third-order valence-corrected chi connectivity index (χ3v) is 4.27. The van der Waals surface area contributed by atoms with Crippen LogP contribution >= 0.6 is 0 Å². The normalized spacial score (nSPS) is 11.4. The molecule has 0 saturated heterocycles. The summed E-state index contributed by atoms with van der Waals surface area (Å²) in [6, 6.07) is 8.24. The Hall–Kier alpha value is -0.903. The zero-order chi connectivity index (χ0) is 10.4. The fourth-order valence-electron chi connectivity index (χ4n) is 1.36. The predicted molar refractivity (Wildman–Crippen MR) is 62.5 cm³/mol. The van der Waals surface area contributed by atoms with Crippen molar-refractivity contribution in [1.82, 2.24) is 0 Å². The van der Waals surface area contributed by atoms with Crippen LogP contribution in [0.1, 0.15) is 5.56 Å². The Bertz CT molecular complexity index is 295. The van der Waals surface area contributed by atoms with Gasteiger partial charge in [-0.1, -0.05) is 42.1 Å². The van der Waals surface area contributed by atoms with Gasteiger partial charge in [-0.05, 0) is 5.56 Å². The highest BCUT2D eigenvalue weighted by Crippen LogP contribution is 1.99.